The molecule has 2 nitrogen and oxygen atoms in total. The molecule has 0 spiro atoms. The van der Waals surface area contributed by atoms with Gasteiger partial charge in [0.15, 0.2) is 0 Å². The van der Waals surface area contributed by atoms with E-state index >= 15 is 0 Å². The first-order valence-electron chi connectivity index (χ1n) is 5.26. The molecule has 1 fully saturated rings. The molecule has 1 saturated heterocycles. The van der Waals surface area contributed by atoms with Crippen LogP contribution in [0, 0.1) is 0 Å². The summed E-state index contributed by atoms with van der Waals surface area (Å²) < 4.78 is 0. The van der Waals surface area contributed by atoms with E-state index in [-0.39, 0.29) is 6.10 Å². The molecule has 2 atom stereocenters. The van der Waals surface area contributed by atoms with Crippen LogP contribution in [0.25, 0.3) is 0 Å². The van der Waals surface area contributed by atoms with E-state index in [1.807, 2.05) is 0 Å². The summed E-state index contributed by atoms with van der Waals surface area (Å²) in [5.74, 6) is 0. The van der Waals surface area contributed by atoms with Crippen LogP contribution >= 0.6 is 15.9 Å². The molecular formula is C10H20BrNO. The molecule has 1 aliphatic heterocycles. The minimum Gasteiger partial charge on any atom is -0.391 e. The molecule has 13 heavy (non-hydrogen) atoms. The van der Waals surface area contributed by atoms with Crippen LogP contribution < -0.4 is 0 Å². The second kappa shape index (κ2) is 5.99. The van der Waals surface area contributed by atoms with Gasteiger partial charge < -0.3 is 5.11 Å². The Morgan fingerprint density at radius 1 is 1.54 bits per heavy atom. The topological polar surface area (TPSA) is 23.5 Å². The van der Waals surface area contributed by atoms with Crippen molar-refractivity contribution in [1.29, 1.82) is 0 Å². The molecule has 0 bridgehead atoms. The number of alkyl halides is 1. The minimum absolute atomic E-state index is 0.202. The van der Waals surface area contributed by atoms with Crippen LogP contribution in [0.5, 0.6) is 0 Å². The summed E-state index contributed by atoms with van der Waals surface area (Å²) in [6, 6.07) is 0.711. The highest BCUT2D eigenvalue weighted by Gasteiger charge is 2.22. The zero-order valence-corrected chi connectivity index (χ0v) is 9.96. The van der Waals surface area contributed by atoms with Gasteiger partial charge in [0.25, 0.3) is 0 Å². The molecule has 2 unspecified atom stereocenters. The van der Waals surface area contributed by atoms with Gasteiger partial charge in [-0.15, -0.1) is 0 Å². The number of halogens is 1. The number of nitrogens with zero attached hydrogens (tertiary/aromatic N) is 1. The molecule has 0 radical (unpaired) electrons. The maximum atomic E-state index is 9.53. The number of aliphatic hydroxyl groups is 1. The lowest BCUT2D eigenvalue weighted by Gasteiger charge is -2.36. The standard InChI is InChI=1S/C10H20BrNO/c1-2-9-5-3-4-6-12(9)8-10(13)7-11/h9-10,13H,2-8H2,1H3. The summed E-state index contributed by atoms with van der Waals surface area (Å²) in [5, 5.41) is 10.2. The molecule has 0 amide bonds. The highest BCUT2D eigenvalue weighted by molar-refractivity contribution is 9.09. The van der Waals surface area contributed by atoms with Gasteiger partial charge in [-0.1, -0.05) is 29.3 Å². The van der Waals surface area contributed by atoms with Gasteiger partial charge in [0, 0.05) is 17.9 Å². The zero-order chi connectivity index (χ0) is 9.68. The molecule has 78 valence electrons. The zero-order valence-electron chi connectivity index (χ0n) is 8.38. The summed E-state index contributed by atoms with van der Waals surface area (Å²) in [7, 11) is 0. The second-order valence-corrected chi connectivity index (χ2v) is 4.51. The number of hydrogen-bond acceptors (Lipinski definition) is 2. The normalized spacial score (nSPS) is 27.5. The van der Waals surface area contributed by atoms with E-state index in [1.165, 1.54) is 32.2 Å². The van der Waals surface area contributed by atoms with Gasteiger partial charge in [-0.3, -0.25) is 4.90 Å². The van der Waals surface area contributed by atoms with Gasteiger partial charge in [-0.25, -0.2) is 0 Å². The fourth-order valence-electron chi connectivity index (χ4n) is 2.08. The maximum Gasteiger partial charge on any atom is 0.0763 e. The Morgan fingerprint density at radius 2 is 2.31 bits per heavy atom. The second-order valence-electron chi connectivity index (χ2n) is 3.86. The smallest absolute Gasteiger partial charge is 0.0763 e. The quantitative estimate of drug-likeness (QED) is 0.771. The lowest BCUT2D eigenvalue weighted by molar-refractivity contribution is 0.0775. The van der Waals surface area contributed by atoms with Crippen LogP contribution in [0.1, 0.15) is 32.6 Å². The van der Waals surface area contributed by atoms with E-state index in [4.69, 9.17) is 0 Å². The number of β-amino-alcohol motifs (C(OH)–C–C–N with tert-alkyl or cyclic N) is 1. The predicted molar refractivity (Wildman–Crippen MR) is 59.3 cm³/mol. The van der Waals surface area contributed by atoms with E-state index < -0.39 is 0 Å². The first-order valence-corrected chi connectivity index (χ1v) is 6.38. The van der Waals surface area contributed by atoms with Gasteiger partial charge in [0.2, 0.25) is 0 Å². The number of aliphatic hydroxyl groups excluding tert-OH is 1. The van der Waals surface area contributed by atoms with E-state index in [9.17, 15) is 5.11 Å². The van der Waals surface area contributed by atoms with Crippen molar-refractivity contribution in [2.75, 3.05) is 18.4 Å². The van der Waals surface area contributed by atoms with Crippen molar-refractivity contribution in [2.24, 2.45) is 0 Å². The molecule has 0 aromatic rings. The maximum absolute atomic E-state index is 9.53. The SMILES string of the molecule is CCC1CCCCN1CC(O)CBr. The van der Waals surface area contributed by atoms with Crippen molar-refractivity contribution in [3.8, 4) is 0 Å². The van der Waals surface area contributed by atoms with E-state index in [1.54, 1.807) is 0 Å². The summed E-state index contributed by atoms with van der Waals surface area (Å²) in [4.78, 5) is 2.44. The van der Waals surface area contributed by atoms with Crippen molar-refractivity contribution in [3.05, 3.63) is 0 Å². The lowest BCUT2D eigenvalue weighted by atomic mass is 10.00. The van der Waals surface area contributed by atoms with Crippen molar-refractivity contribution in [2.45, 2.75) is 44.8 Å². The van der Waals surface area contributed by atoms with Crippen LogP contribution in [-0.4, -0.2) is 40.6 Å². The Hall–Kier alpha value is 0.400. The molecule has 1 N–H and O–H groups in total. The van der Waals surface area contributed by atoms with E-state index in [2.05, 4.69) is 27.8 Å². The lowest BCUT2D eigenvalue weighted by Crippen LogP contribution is -2.43. The van der Waals surface area contributed by atoms with Crippen LogP contribution in [0.15, 0.2) is 0 Å². The van der Waals surface area contributed by atoms with Crippen molar-refractivity contribution < 1.29 is 5.11 Å². The average molecular weight is 250 g/mol. The number of hydrogen-bond donors (Lipinski definition) is 1. The highest BCUT2D eigenvalue weighted by atomic mass is 79.9. The van der Waals surface area contributed by atoms with Gasteiger partial charge in [-0.2, -0.15) is 0 Å². The molecule has 3 heteroatoms. The van der Waals surface area contributed by atoms with E-state index in [0.29, 0.717) is 11.4 Å². The molecule has 0 aliphatic carbocycles. The average Bonchev–Trinajstić information content (AvgIpc) is 2.18. The number of rotatable bonds is 4. The van der Waals surface area contributed by atoms with E-state index in [0.717, 1.165) is 6.54 Å². The Bertz CT molecular complexity index is 143. The summed E-state index contributed by atoms with van der Waals surface area (Å²) in [6.07, 6.45) is 4.98. The first kappa shape index (κ1) is 11.5. The predicted octanol–water partition coefficient (Wildman–Crippen LogP) is 2.01. The third-order valence-corrected chi connectivity index (χ3v) is 3.59. The molecular weight excluding hydrogens is 230 g/mol. The molecule has 1 rings (SSSR count). The van der Waals surface area contributed by atoms with Crippen LogP contribution in [0.2, 0.25) is 0 Å². The number of piperidine rings is 1. The van der Waals surface area contributed by atoms with Gasteiger partial charge >= 0.3 is 0 Å². The monoisotopic (exact) mass is 249 g/mol. The summed E-state index contributed by atoms with van der Waals surface area (Å²) in [6.45, 7) is 4.25. The van der Waals surface area contributed by atoms with Crippen LogP contribution in [-0.2, 0) is 0 Å². The summed E-state index contributed by atoms with van der Waals surface area (Å²) >= 11 is 3.31. The highest BCUT2D eigenvalue weighted by Crippen LogP contribution is 2.19. The molecule has 0 saturated carbocycles. The minimum atomic E-state index is -0.202. The third-order valence-electron chi connectivity index (χ3n) is 2.84. The van der Waals surface area contributed by atoms with Crippen LogP contribution in [0.4, 0.5) is 0 Å². The fourth-order valence-corrected chi connectivity index (χ4v) is 2.29. The molecule has 1 heterocycles. The largest absolute Gasteiger partial charge is 0.391 e. The van der Waals surface area contributed by atoms with Crippen LogP contribution in [0.3, 0.4) is 0 Å². The Labute approximate surface area is 89.4 Å². The summed E-state index contributed by atoms with van der Waals surface area (Å²) in [5.41, 5.74) is 0. The molecule has 1 aliphatic rings. The third kappa shape index (κ3) is 3.56. The van der Waals surface area contributed by atoms with Crippen molar-refractivity contribution in [1.82, 2.24) is 4.90 Å². The Balaban J connectivity index is 2.35. The van der Waals surface area contributed by atoms with Gasteiger partial charge in [0.05, 0.1) is 6.10 Å². The fraction of sp³-hybridized carbons (Fsp3) is 1.00. The Morgan fingerprint density at radius 3 is 2.92 bits per heavy atom. The number of likely N-dealkylation sites (tertiary alicyclic amines) is 1. The molecule has 0 aromatic carbocycles. The Kier molecular flexibility index (Phi) is 5.29. The van der Waals surface area contributed by atoms with Gasteiger partial charge in [0.1, 0.15) is 0 Å². The first-order chi connectivity index (χ1) is 6.27. The van der Waals surface area contributed by atoms with Gasteiger partial charge in [-0.05, 0) is 25.8 Å². The van der Waals surface area contributed by atoms with Crippen molar-refractivity contribution in [3.63, 3.8) is 0 Å². The molecule has 0 aromatic heterocycles. The van der Waals surface area contributed by atoms with Crippen molar-refractivity contribution >= 4 is 15.9 Å².